The Hall–Kier alpha value is -3.09. The first kappa shape index (κ1) is 15.4. The van der Waals surface area contributed by atoms with Crippen LogP contribution in [-0.4, -0.2) is 32.5 Å². The molecule has 2 aromatic heterocycles. The van der Waals surface area contributed by atoms with Gasteiger partial charge in [-0.2, -0.15) is 4.98 Å². The molecule has 0 aliphatic carbocycles. The van der Waals surface area contributed by atoms with Crippen LogP contribution in [0, 0.1) is 5.82 Å². The summed E-state index contributed by atoms with van der Waals surface area (Å²) in [5.74, 6) is 0.536. The molecule has 25 heavy (non-hydrogen) atoms. The first-order valence-electron chi connectivity index (χ1n) is 7.98. The molecular formula is C18H15FN4O2. The summed E-state index contributed by atoms with van der Waals surface area (Å²) < 4.78 is 18.3. The van der Waals surface area contributed by atoms with Crippen molar-refractivity contribution in [1.29, 1.82) is 0 Å². The standard InChI is InChI=1S/C18H15FN4O2/c19-14-5-3-12(4-6-14)10-16(24)23-9-7-15(23)18-21-17(22-25-18)13-2-1-8-20-11-13/h1-6,8,11,15H,7,9-10H2. The summed E-state index contributed by atoms with van der Waals surface area (Å²) in [6.45, 7) is 0.648. The zero-order valence-corrected chi connectivity index (χ0v) is 13.3. The van der Waals surface area contributed by atoms with Crippen molar-refractivity contribution < 1.29 is 13.7 Å². The zero-order chi connectivity index (χ0) is 17.2. The van der Waals surface area contributed by atoms with Crippen LogP contribution in [0.2, 0.25) is 0 Å². The number of hydrogen-bond acceptors (Lipinski definition) is 5. The summed E-state index contributed by atoms with van der Waals surface area (Å²) in [5.41, 5.74) is 1.54. The van der Waals surface area contributed by atoms with E-state index in [1.807, 2.05) is 6.07 Å². The van der Waals surface area contributed by atoms with Gasteiger partial charge >= 0.3 is 0 Å². The second kappa shape index (κ2) is 6.43. The Kier molecular flexibility index (Phi) is 3.97. The second-order valence-corrected chi connectivity index (χ2v) is 5.89. The Balaban J connectivity index is 1.46. The molecule has 1 aromatic carbocycles. The molecule has 1 amide bonds. The molecule has 1 aliphatic heterocycles. The van der Waals surface area contributed by atoms with Crippen molar-refractivity contribution in [2.75, 3.05) is 6.54 Å². The monoisotopic (exact) mass is 338 g/mol. The minimum atomic E-state index is -0.313. The third-order valence-corrected chi connectivity index (χ3v) is 4.26. The van der Waals surface area contributed by atoms with Crippen LogP contribution >= 0.6 is 0 Å². The van der Waals surface area contributed by atoms with Gasteiger partial charge in [0.15, 0.2) is 0 Å². The normalized spacial score (nSPS) is 16.5. The average molecular weight is 338 g/mol. The van der Waals surface area contributed by atoms with E-state index in [2.05, 4.69) is 15.1 Å². The van der Waals surface area contributed by atoms with Gasteiger partial charge in [-0.05, 0) is 36.2 Å². The van der Waals surface area contributed by atoms with Gasteiger partial charge in [-0.25, -0.2) is 4.39 Å². The molecule has 0 radical (unpaired) electrons. The van der Waals surface area contributed by atoms with Crippen molar-refractivity contribution in [3.05, 3.63) is 66.1 Å². The molecule has 1 unspecified atom stereocenters. The van der Waals surface area contributed by atoms with E-state index in [-0.39, 0.29) is 24.2 Å². The van der Waals surface area contributed by atoms with E-state index < -0.39 is 0 Å². The molecule has 1 fully saturated rings. The van der Waals surface area contributed by atoms with Gasteiger partial charge in [0.05, 0.1) is 6.42 Å². The number of aromatic nitrogens is 3. The number of carbonyl (C=O) groups is 1. The molecule has 3 aromatic rings. The highest BCUT2D eigenvalue weighted by Gasteiger charge is 2.37. The molecule has 7 heteroatoms. The van der Waals surface area contributed by atoms with Gasteiger partial charge in [0.25, 0.3) is 0 Å². The number of hydrogen-bond donors (Lipinski definition) is 0. The summed E-state index contributed by atoms with van der Waals surface area (Å²) in [5, 5.41) is 3.97. The van der Waals surface area contributed by atoms with Gasteiger partial charge in [0, 0.05) is 24.5 Å². The highest BCUT2D eigenvalue weighted by Crippen LogP contribution is 2.33. The lowest BCUT2D eigenvalue weighted by molar-refractivity contribution is -0.139. The van der Waals surface area contributed by atoms with Gasteiger partial charge in [-0.3, -0.25) is 9.78 Å². The highest BCUT2D eigenvalue weighted by atomic mass is 19.1. The van der Waals surface area contributed by atoms with E-state index >= 15 is 0 Å². The van der Waals surface area contributed by atoms with Crippen LogP contribution in [0.1, 0.15) is 23.9 Å². The molecular weight excluding hydrogens is 323 g/mol. The van der Waals surface area contributed by atoms with Crippen LogP contribution in [0.5, 0.6) is 0 Å². The van der Waals surface area contributed by atoms with E-state index in [9.17, 15) is 9.18 Å². The molecule has 0 spiro atoms. The summed E-state index contributed by atoms with van der Waals surface area (Å²) in [7, 11) is 0. The second-order valence-electron chi connectivity index (χ2n) is 5.89. The van der Waals surface area contributed by atoms with E-state index in [1.165, 1.54) is 12.1 Å². The third-order valence-electron chi connectivity index (χ3n) is 4.26. The van der Waals surface area contributed by atoms with Crippen molar-refractivity contribution in [2.45, 2.75) is 18.9 Å². The Bertz CT molecular complexity index is 880. The fourth-order valence-corrected chi connectivity index (χ4v) is 2.80. The number of likely N-dealkylation sites (tertiary alicyclic amines) is 1. The lowest BCUT2D eigenvalue weighted by Crippen LogP contribution is -2.46. The fraction of sp³-hybridized carbons (Fsp3) is 0.222. The Morgan fingerprint density at radius 1 is 1.28 bits per heavy atom. The first-order chi connectivity index (χ1) is 12.2. The van der Waals surface area contributed by atoms with Crippen molar-refractivity contribution in [1.82, 2.24) is 20.0 Å². The molecule has 4 rings (SSSR count). The Morgan fingerprint density at radius 3 is 2.80 bits per heavy atom. The quantitative estimate of drug-likeness (QED) is 0.731. The van der Waals surface area contributed by atoms with Crippen molar-refractivity contribution in [2.24, 2.45) is 0 Å². The van der Waals surface area contributed by atoms with E-state index in [0.717, 1.165) is 17.5 Å². The fourth-order valence-electron chi connectivity index (χ4n) is 2.80. The zero-order valence-electron chi connectivity index (χ0n) is 13.3. The largest absolute Gasteiger partial charge is 0.337 e. The number of benzene rings is 1. The number of halogens is 1. The van der Waals surface area contributed by atoms with Crippen LogP contribution in [0.15, 0.2) is 53.3 Å². The number of nitrogens with zero attached hydrogens (tertiary/aromatic N) is 4. The Morgan fingerprint density at radius 2 is 2.12 bits per heavy atom. The summed E-state index contributed by atoms with van der Waals surface area (Å²) in [6, 6.07) is 9.39. The lowest BCUT2D eigenvalue weighted by atomic mass is 10.0. The van der Waals surface area contributed by atoms with Crippen LogP contribution in [-0.2, 0) is 11.2 Å². The average Bonchev–Trinajstić information content (AvgIpc) is 3.06. The molecule has 0 bridgehead atoms. The predicted octanol–water partition coefficient (Wildman–Crippen LogP) is 2.79. The lowest BCUT2D eigenvalue weighted by Gasteiger charge is -2.38. The maximum absolute atomic E-state index is 13.0. The van der Waals surface area contributed by atoms with Crippen molar-refractivity contribution in [3.8, 4) is 11.4 Å². The SMILES string of the molecule is O=C(Cc1ccc(F)cc1)N1CCC1c1nc(-c2cccnc2)no1. The molecule has 1 aliphatic rings. The van der Waals surface area contributed by atoms with Gasteiger partial charge in [-0.1, -0.05) is 17.3 Å². The van der Waals surface area contributed by atoms with Crippen LogP contribution in [0.3, 0.4) is 0 Å². The maximum atomic E-state index is 13.0. The number of carbonyl (C=O) groups excluding carboxylic acids is 1. The third kappa shape index (κ3) is 3.13. The minimum absolute atomic E-state index is 0.0380. The Labute approximate surface area is 143 Å². The van der Waals surface area contributed by atoms with E-state index in [4.69, 9.17) is 4.52 Å². The van der Waals surface area contributed by atoms with Crippen molar-refractivity contribution >= 4 is 5.91 Å². The predicted molar refractivity (Wildman–Crippen MR) is 86.7 cm³/mol. The number of amides is 1. The van der Waals surface area contributed by atoms with Crippen LogP contribution in [0.25, 0.3) is 11.4 Å². The van der Waals surface area contributed by atoms with Crippen molar-refractivity contribution in [3.63, 3.8) is 0 Å². The minimum Gasteiger partial charge on any atom is -0.337 e. The molecule has 1 saturated heterocycles. The first-order valence-corrected chi connectivity index (χ1v) is 7.98. The van der Waals surface area contributed by atoms with Gasteiger partial charge in [0.1, 0.15) is 11.9 Å². The number of pyridine rings is 1. The van der Waals surface area contributed by atoms with Gasteiger partial charge < -0.3 is 9.42 Å². The highest BCUT2D eigenvalue weighted by molar-refractivity contribution is 5.80. The molecule has 3 heterocycles. The van der Waals surface area contributed by atoms with E-state index in [1.54, 1.807) is 35.5 Å². The number of rotatable bonds is 4. The molecule has 0 saturated carbocycles. The summed E-state index contributed by atoms with van der Waals surface area (Å²) >= 11 is 0. The topological polar surface area (TPSA) is 72.1 Å². The molecule has 126 valence electrons. The van der Waals surface area contributed by atoms with Gasteiger partial charge in [-0.15, -0.1) is 0 Å². The van der Waals surface area contributed by atoms with E-state index in [0.29, 0.717) is 18.3 Å². The summed E-state index contributed by atoms with van der Waals surface area (Å²) in [4.78, 5) is 22.6. The molecule has 6 nitrogen and oxygen atoms in total. The maximum Gasteiger partial charge on any atom is 0.249 e. The molecule has 0 N–H and O–H groups in total. The van der Waals surface area contributed by atoms with Crippen LogP contribution < -0.4 is 0 Å². The smallest absolute Gasteiger partial charge is 0.249 e. The van der Waals surface area contributed by atoms with Gasteiger partial charge in [0.2, 0.25) is 17.6 Å². The van der Waals surface area contributed by atoms with Crippen LogP contribution in [0.4, 0.5) is 4.39 Å². The molecule has 1 atom stereocenters. The summed E-state index contributed by atoms with van der Waals surface area (Å²) in [6.07, 6.45) is 4.34.